The average molecular weight is 293 g/mol. The second-order valence-electron chi connectivity index (χ2n) is 7.18. The van der Waals surface area contributed by atoms with Gasteiger partial charge in [0.2, 0.25) is 5.16 Å². The molecule has 4 fully saturated rings. The molecule has 4 saturated carbocycles. The Morgan fingerprint density at radius 3 is 2.40 bits per heavy atom. The van der Waals surface area contributed by atoms with Crippen LogP contribution in [0.2, 0.25) is 0 Å². The van der Waals surface area contributed by atoms with E-state index in [-0.39, 0.29) is 0 Å². The lowest BCUT2D eigenvalue weighted by atomic mass is 9.50. The van der Waals surface area contributed by atoms with Crippen LogP contribution in [0.3, 0.4) is 0 Å². The summed E-state index contributed by atoms with van der Waals surface area (Å²) in [5.74, 6) is 4.24. The summed E-state index contributed by atoms with van der Waals surface area (Å²) < 4.78 is 1.85. The largest absolute Gasteiger partial charge is 0.329 e. The van der Waals surface area contributed by atoms with Crippen molar-refractivity contribution in [3.05, 3.63) is 0 Å². The number of nitrogens with two attached hydrogens (primary N) is 1. The molecular weight excluding hydrogens is 270 g/mol. The van der Waals surface area contributed by atoms with Crippen molar-refractivity contribution in [3.63, 3.8) is 0 Å². The highest BCUT2D eigenvalue weighted by atomic mass is 32.2. The van der Waals surface area contributed by atoms with Crippen LogP contribution in [-0.4, -0.2) is 32.5 Å². The minimum absolute atomic E-state index is 0.582. The number of thioether (sulfide) groups is 1. The topological polar surface area (TPSA) is 69.6 Å². The quantitative estimate of drug-likeness (QED) is 0.840. The third kappa shape index (κ3) is 2.26. The fourth-order valence-electron chi connectivity index (χ4n) is 5.25. The highest BCUT2D eigenvalue weighted by Crippen LogP contribution is 2.61. The lowest BCUT2D eigenvalue weighted by Gasteiger charge is -2.56. The third-order valence-electron chi connectivity index (χ3n) is 5.51. The van der Waals surface area contributed by atoms with Crippen LogP contribution in [0.1, 0.15) is 38.5 Å². The van der Waals surface area contributed by atoms with Crippen LogP contribution in [0.15, 0.2) is 5.16 Å². The summed E-state index contributed by atoms with van der Waals surface area (Å²) in [6.45, 7) is 1.31. The van der Waals surface area contributed by atoms with Gasteiger partial charge < -0.3 is 5.73 Å². The first-order valence-corrected chi connectivity index (χ1v) is 8.84. The Bertz CT molecular complexity index is 450. The van der Waals surface area contributed by atoms with E-state index < -0.39 is 0 Å². The van der Waals surface area contributed by atoms with Gasteiger partial charge in [0.1, 0.15) is 0 Å². The zero-order valence-corrected chi connectivity index (χ0v) is 12.7. The molecule has 0 radical (unpaired) electrons. The van der Waals surface area contributed by atoms with Crippen LogP contribution in [0, 0.1) is 23.2 Å². The van der Waals surface area contributed by atoms with E-state index in [9.17, 15) is 0 Å². The molecule has 2 N–H and O–H groups in total. The van der Waals surface area contributed by atoms with Crippen LogP contribution >= 0.6 is 11.8 Å². The molecule has 5 rings (SSSR count). The summed E-state index contributed by atoms with van der Waals surface area (Å²) >= 11 is 1.85. The molecule has 0 saturated heterocycles. The predicted molar refractivity (Wildman–Crippen MR) is 78.2 cm³/mol. The lowest BCUT2D eigenvalue weighted by Crippen LogP contribution is -2.47. The molecule has 0 amide bonds. The van der Waals surface area contributed by atoms with Gasteiger partial charge in [-0.3, -0.25) is 0 Å². The van der Waals surface area contributed by atoms with Gasteiger partial charge in [0.15, 0.2) is 0 Å². The van der Waals surface area contributed by atoms with Gasteiger partial charge in [0, 0.05) is 12.3 Å². The van der Waals surface area contributed by atoms with Crippen molar-refractivity contribution in [1.82, 2.24) is 20.2 Å². The first kappa shape index (κ1) is 13.1. The Hall–Kier alpha value is -0.620. The van der Waals surface area contributed by atoms with Crippen LogP contribution < -0.4 is 5.73 Å². The van der Waals surface area contributed by atoms with E-state index in [4.69, 9.17) is 5.73 Å². The van der Waals surface area contributed by atoms with Gasteiger partial charge in [-0.2, -0.15) is 0 Å². The monoisotopic (exact) mass is 293 g/mol. The molecule has 110 valence electrons. The summed E-state index contributed by atoms with van der Waals surface area (Å²) in [5.41, 5.74) is 6.19. The number of nitrogens with zero attached hydrogens (tertiary/aromatic N) is 4. The van der Waals surface area contributed by atoms with E-state index in [2.05, 4.69) is 15.5 Å². The number of aromatic nitrogens is 4. The maximum Gasteiger partial charge on any atom is 0.209 e. The first-order valence-electron chi connectivity index (χ1n) is 7.85. The summed E-state index contributed by atoms with van der Waals surface area (Å²) in [6, 6.07) is 0. The van der Waals surface area contributed by atoms with Gasteiger partial charge in [-0.05, 0) is 72.1 Å². The van der Waals surface area contributed by atoms with E-state index in [0.717, 1.165) is 29.5 Å². The van der Waals surface area contributed by atoms with Crippen molar-refractivity contribution < 1.29 is 0 Å². The van der Waals surface area contributed by atoms with Crippen molar-refractivity contribution in [1.29, 1.82) is 0 Å². The molecule has 20 heavy (non-hydrogen) atoms. The van der Waals surface area contributed by atoms with Gasteiger partial charge in [0.25, 0.3) is 0 Å². The molecule has 5 nitrogen and oxygen atoms in total. The highest BCUT2D eigenvalue weighted by Gasteiger charge is 2.50. The van der Waals surface area contributed by atoms with Crippen molar-refractivity contribution in [2.24, 2.45) is 28.9 Å². The Kier molecular flexibility index (Phi) is 3.26. The number of tetrazole rings is 1. The Balaban J connectivity index is 1.45. The molecule has 1 heterocycles. The molecule has 0 aliphatic heterocycles. The fourth-order valence-corrected chi connectivity index (χ4v) is 6.41. The summed E-state index contributed by atoms with van der Waals surface area (Å²) in [5, 5.41) is 12.9. The number of hydrogen-bond acceptors (Lipinski definition) is 5. The van der Waals surface area contributed by atoms with Crippen molar-refractivity contribution in [3.8, 4) is 0 Å². The van der Waals surface area contributed by atoms with Gasteiger partial charge in [-0.25, -0.2) is 4.68 Å². The lowest BCUT2D eigenvalue weighted by molar-refractivity contribution is -0.0382. The molecule has 1 aromatic heterocycles. The number of hydrogen-bond donors (Lipinski definition) is 1. The molecule has 6 heteroatoms. The molecule has 4 bridgehead atoms. The molecule has 1 aromatic rings. The maximum atomic E-state index is 5.61. The van der Waals surface area contributed by atoms with Crippen LogP contribution in [0.25, 0.3) is 0 Å². The Labute approximate surface area is 124 Å². The predicted octanol–water partition coefficient (Wildman–Crippen LogP) is 1.94. The van der Waals surface area contributed by atoms with E-state index >= 15 is 0 Å². The van der Waals surface area contributed by atoms with E-state index in [1.54, 1.807) is 0 Å². The van der Waals surface area contributed by atoms with Crippen LogP contribution in [0.4, 0.5) is 0 Å². The van der Waals surface area contributed by atoms with Crippen molar-refractivity contribution in [2.45, 2.75) is 50.2 Å². The van der Waals surface area contributed by atoms with Crippen molar-refractivity contribution >= 4 is 11.8 Å². The molecule has 0 atom stereocenters. The van der Waals surface area contributed by atoms with E-state index in [0.29, 0.717) is 12.0 Å². The fraction of sp³-hybridized carbons (Fsp3) is 0.929. The smallest absolute Gasteiger partial charge is 0.209 e. The highest BCUT2D eigenvalue weighted by molar-refractivity contribution is 7.99. The third-order valence-corrected chi connectivity index (χ3v) is 6.82. The zero-order valence-electron chi connectivity index (χ0n) is 11.9. The van der Waals surface area contributed by atoms with Crippen LogP contribution in [-0.2, 0) is 6.54 Å². The Morgan fingerprint density at radius 1 is 1.15 bits per heavy atom. The molecule has 4 aliphatic rings. The SMILES string of the molecule is NCCn1nnnc1SCC12CC3CC(CC(C3)C1)C2. The number of rotatable bonds is 5. The van der Waals surface area contributed by atoms with Crippen molar-refractivity contribution in [2.75, 3.05) is 12.3 Å². The molecule has 4 aliphatic carbocycles. The van der Waals surface area contributed by atoms with Gasteiger partial charge >= 0.3 is 0 Å². The molecule has 0 aromatic carbocycles. The van der Waals surface area contributed by atoms with Gasteiger partial charge in [-0.15, -0.1) is 5.10 Å². The minimum atomic E-state index is 0.582. The standard InChI is InChI=1S/C14H23N5S/c15-1-2-19-13(16-17-18-19)20-9-14-6-10-3-11(7-14)5-12(4-10)8-14/h10-12H,1-9,15H2. The van der Waals surface area contributed by atoms with E-state index in [1.807, 2.05) is 16.4 Å². The maximum absolute atomic E-state index is 5.61. The van der Waals surface area contributed by atoms with E-state index in [1.165, 1.54) is 44.3 Å². The van der Waals surface area contributed by atoms with Crippen LogP contribution in [0.5, 0.6) is 0 Å². The second kappa shape index (κ2) is 4.98. The first-order chi connectivity index (χ1) is 9.76. The summed E-state index contributed by atoms with van der Waals surface area (Å²) in [4.78, 5) is 0. The summed E-state index contributed by atoms with van der Waals surface area (Å²) in [6.07, 6.45) is 8.87. The van der Waals surface area contributed by atoms with Gasteiger partial charge in [-0.1, -0.05) is 11.8 Å². The molecule has 0 unspecified atom stereocenters. The Morgan fingerprint density at radius 2 is 1.80 bits per heavy atom. The molecule has 0 spiro atoms. The zero-order chi connectivity index (χ0) is 13.6. The second-order valence-corrected chi connectivity index (χ2v) is 8.12. The molecular formula is C14H23N5S. The normalized spacial score (nSPS) is 38.5. The van der Waals surface area contributed by atoms with Gasteiger partial charge in [0.05, 0.1) is 6.54 Å². The summed E-state index contributed by atoms with van der Waals surface area (Å²) in [7, 11) is 0. The average Bonchev–Trinajstić information content (AvgIpc) is 2.83. The minimum Gasteiger partial charge on any atom is -0.329 e.